The van der Waals surface area contributed by atoms with Gasteiger partial charge in [-0.3, -0.25) is 0 Å². The van der Waals surface area contributed by atoms with Gasteiger partial charge in [0.2, 0.25) is 9.84 Å². The summed E-state index contributed by atoms with van der Waals surface area (Å²) in [6, 6.07) is 6.29. The molecule has 0 amide bonds. The third-order valence-corrected chi connectivity index (χ3v) is 3.77. The summed E-state index contributed by atoms with van der Waals surface area (Å²) in [6.45, 7) is 3.75. The van der Waals surface area contributed by atoms with Crippen LogP contribution in [0.2, 0.25) is 0 Å². The van der Waals surface area contributed by atoms with Crippen LogP contribution in [0.15, 0.2) is 29.2 Å². The molecule has 0 fully saturated rings. The maximum absolute atomic E-state index is 11.5. The van der Waals surface area contributed by atoms with Crippen molar-refractivity contribution < 1.29 is 13.5 Å². The van der Waals surface area contributed by atoms with Gasteiger partial charge in [-0.25, -0.2) is 13.5 Å². The molecule has 1 N–H and O–H groups in total. The molecule has 0 spiro atoms. The summed E-state index contributed by atoms with van der Waals surface area (Å²) in [5, 5.41) is 14.0. The second kappa shape index (κ2) is 4.63. The number of anilines is 1. The Morgan fingerprint density at radius 1 is 1.40 bits per heavy atom. The molecule has 0 aliphatic heterocycles. The molecule has 1 atom stereocenters. The molecule has 0 bridgehead atoms. The van der Waals surface area contributed by atoms with E-state index in [1.807, 2.05) is 6.92 Å². The molecule has 5 heteroatoms. The maximum atomic E-state index is 11.5. The average Bonchev–Trinajstić information content (AvgIpc) is 2.18. The largest absolute Gasteiger partial charge is 0.385 e. The molecular weight excluding hydrogens is 214 g/mol. The summed E-state index contributed by atoms with van der Waals surface area (Å²) < 4.78 is 23.1. The minimum atomic E-state index is -3.71. The molecule has 1 unspecified atom stereocenters. The second-order valence-corrected chi connectivity index (χ2v) is 5.40. The summed E-state index contributed by atoms with van der Waals surface area (Å²) in [4.78, 5) is 0.0726. The Kier molecular flexibility index (Phi) is 3.71. The number of hydrogen-bond donors (Lipinski definition) is 1. The van der Waals surface area contributed by atoms with E-state index >= 15 is 0 Å². The Morgan fingerprint density at radius 2 is 2.07 bits per heavy atom. The molecule has 15 heavy (non-hydrogen) atoms. The predicted octanol–water partition coefficient (Wildman–Crippen LogP) is 1.67. The minimum absolute atomic E-state index is 0.0726. The summed E-state index contributed by atoms with van der Waals surface area (Å²) in [6.07, 6.45) is 0. The smallest absolute Gasteiger partial charge is 0.208 e. The Hall–Kier alpha value is -1.07. The fraction of sp³-hybridized carbons (Fsp3) is 0.400. The third kappa shape index (κ3) is 2.70. The highest BCUT2D eigenvalue weighted by atomic mass is 32.2. The lowest BCUT2D eigenvalue weighted by Crippen LogP contribution is -2.15. The number of benzene rings is 1. The minimum Gasteiger partial charge on any atom is -0.385 e. The number of nitrogens with one attached hydrogen (secondary N) is 1. The van der Waals surface area contributed by atoms with Gasteiger partial charge in [-0.2, -0.15) is 0 Å². The van der Waals surface area contributed by atoms with E-state index in [4.69, 9.17) is 0 Å². The zero-order valence-electron chi connectivity index (χ0n) is 8.73. The first-order valence-corrected chi connectivity index (χ1v) is 6.26. The van der Waals surface area contributed by atoms with Gasteiger partial charge in [-0.1, -0.05) is 6.07 Å². The van der Waals surface area contributed by atoms with E-state index in [2.05, 4.69) is 5.32 Å². The number of sulfone groups is 1. The summed E-state index contributed by atoms with van der Waals surface area (Å²) in [7, 11) is -3.71. The number of rotatable bonds is 4. The topological polar surface area (TPSA) is 66.1 Å². The van der Waals surface area contributed by atoms with Gasteiger partial charge in [0.25, 0.3) is 0 Å². The molecule has 0 aliphatic carbocycles. The Labute approximate surface area is 89.9 Å². The van der Waals surface area contributed by atoms with Gasteiger partial charge in [0.05, 0.1) is 4.90 Å². The first-order valence-electron chi connectivity index (χ1n) is 4.72. The van der Waals surface area contributed by atoms with Crippen LogP contribution in [-0.4, -0.2) is 20.4 Å². The van der Waals surface area contributed by atoms with E-state index in [0.717, 1.165) is 6.92 Å². The Morgan fingerprint density at radius 3 is 2.60 bits per heavy atom. The highest BCUT2D eigenvalue weighted by molar-refractivity contribution is 7.91. The van der Waals surface area contributed by atoms with E-state index in [0.29, 0.717) is 12.2 Å². The van der Waals surface area contributed by atoms with Crippen LogP contribution in [0.5, 0.6) is 0 Å². The van der Waals surface area contributed by atoms with Gasteiger partial charge in [-0.05, 0) is 32.0 Å². The molecule has 0 saturated carbocycles. The third-order valence-electron chi connectivity index (χ3n) is 1.98. The van der Waals surface area contributed by atoms with Crippen LogP contribution in [0.3, 0.4) is 0 Å². The van der Waals surface area contributed by atoms with Crippen molar-refractivity contribution in [3.8, 4) is 0 Å². The Bertz CT molecular complexity index is 426. The van der Waals surface area contributed by atoms with Crippen molar-refractivity contribution in [3.63, 3.8) is 0 Å². The molecule has 1 aromatic rings. The van der Waals surface area contributed by atoms with E-state index in [1.165, 1.54) is 12.1 Å². The van der Waals surface area contributed by atoms with Crippen LogP contribution in [0.4, 0.5) is 5.69 Å². The SMILES string of the molecule is CCNc1cccc(S(=O)(=O)C(C)[O])c1. The van der Waals surface area contributed by atoms with Gasteiger partial charge in [-0.15, -0.1) is 0 Å². The van der Waals surface area contributed by atoms with Crippen molar-refractivity contribution in [2.75, 3.05) is 11.9 Å². The molecular formula is C10H14NO3S. The van der Waals surface area contributed by atoms with E-state index in [-0.39, 0.29) is 4.90 Å². The van der Waals surface area contributed by atoms with Gasteiger partial charge >= 0.3 is 0 Å². The fourth-order valence-electron chi connectivity index (χ4n) is 1.18. The van der Waals surface area contributed by atoms with Crippen molar-refractivity contribution in [2.45, 2.75) is 24.2 Å². The Balaban J connectivity index is 3.11. The van der Waals surface area contributed by atoms with E-state index in [9.17, 15) is 13.5 Å². The van der Waals surface area contributed by atoms with Crippen LogP contribution in [0.1, 0.15) is 13.8 Å². The quantitative estimate of drug-likeness (QED) is 0.852. The first kappa shape index (κ1) is 12.0. The summed E-state index contributed by atoms with van der Waals surface area (Å²) in [5.74, 6) is 0. The van der Waals surface area contributed by atoms with Crippen LogP contribution in [0.25, 0.3) is 0 Å². The second-order valence-electron chi connectivity index (χ2n) is 3.17. The maximum Gasteiger partial charge on any atom is 0.208 e. The van der Waals surface area contributed by atoms with Crippen molar-refractivity contribution in [3.05, 3.63) is 24.3 Å². The highest BCUT2D eigenvalue weighted by Crippen LogP contribution is 2.18. The standard InChI is InChI=1S/C10H14NO3S/c1-3-11-9-5-4-6-10(7-9)15(13,14)8(2)12/h4-8,11H,3H2,1-2H3. The van der Waals surface area contributed by atoms with Gasteiger partial charge < -0.3 is 5.32 Å². The lowest BCUT2D eigenvalue weighted by Gasteiger charge is -2.08. The van der Waals surface area contributed by atoms with Gasteiger partial charge in [0, 0.05) is 12.2 Å². The highest BCUT2D eigenvalue weighted by Gasteiger charge is 2.22. The van der Waals surface area contributed by atoms with Crippen LogP contribution in [0, 0.1) is 0 Å². The molecule has 0 aromatic heterocycles. The van der Waals surface area contributed by atoms with Crippen molar-refractivity contribution in [1.29, 1.82) is 0 Å². The zero-order chi connectivity index (χ0) is 11.5. The zero-order valence-corrected chi connectivity index (χ0v) is 9.54. The lowest BCUT2D eigenvalue weighted by atomic mass is 10.3. The molecule has 1 rings (SSSR count). The molecule has 0 saturated heterocycles. The van der Waals surface area contributed by atoms with E-state index < -0.39 is 15.3 Å². The predicted molar refractivity (Wildman–Crippen MR) is 57.9 cm³/mol. The molecule has 0 heterocycles. The molecule has 83 valence electrons. The van der Waals surface area contributed by atoms with Gasteiger partial charge in [0.1, 0.15) is 0 Å². The normalized spacial score (nSPS) is 13.5. The average molecular weight is 228 g/mol. The number of hydrogen-bond acceptors (Lipinski definition) is 3. The van der Waals surface area contributed by atoms with Crippen molar-refractivity contribution in [2.24, 2.45) is 0 Å². The fourth-order valence-corrected chi connectivity index (χ4v) is 2.12. The molecule has 4 nitrogen and oxygen atoms in total. The van der Waals surface area contributed by atoms with Crippen LogP contribution in [-0.2, 0) is 14.9 Å². The van der Waals surface area contributed by atoms with E-state index in [1.54, 1.807) is 12.1 Å². The monoisotopic (exact) mass is 228 g/mol. The summed E-state index contributed by atoms with van der Waals surface area (Å²) in [5.41, 5.74) is -0.923. The van der Waals surface area contributed by atoms with Crippen molar-refractivity contribution in [1.82, 2.24) is 0 Å². The summed E-state index contributed by atoms with van der Waals surface area (Å²) >= 11 is 0. The van der Waals surface area contributed by atoms with Crippen LogP contribution >= 0.6 is 0 Å². The lowest BCUT2D eigenvalue weighted by molar-refractivity contribution is 0.170. The first-order chi connectivity index (χ1) is 6.98. The van der Waals surface area contributed by atoms with Crippen molar-refractivity contribution >= 4 is 15.5 Å². The molecule has 0 aliphatic rings. The molecule has 1 radical (unpaired) electrons. The van der Waals surface area contributed by atoms with Gasteiger partial charge in [0.15, 0.2) is 5.44 Å². The molecule has 1 aromatic carbocycles. The van der Waals surface area contributed by atoms with Crippen LogP contribution < -0.4 is 5.32 Å².